The summed E-state index contributed by atoms with van der Waals surface area (Å²) in [5, 5.41) is 16.5. The highest BCUT2D eigenvalue weighted by atomic mass is 16.6. The number of benzene rings is 1. The number of rotatable bonds is 7. The molecule has 1 rings (SSSR count). The fourth-order valence-corrected chi connectivity index (χ4v) is 1.57. The Bertz CT molecular complexity index is 421. The molecule has 0 aliphatic rings. The van der Waals surface area contributed by atoms with Gasteiger partial charge in [0.05, 0.1) is 11.3 Å². The summed E-state index contributed by atoms with van der Waals surface area (Å²) in [6, 6.07) is 6.29. The maximum atomic E-state index is 11.6. The number of nitro benzene ring substituents is 1. The molecule has 18 heavy (non-hydrogen) atoms. The monoisotopic (exact) mass is 251 g/mol. The van der Waals surface area contributed by atoms with Crippen LogP contribution in [0.1, 0.15) is 12.0 Å². The maximum Gasteiger partial charge on any atom is 0.273 e. The van der Waals surface area contributed by atoms with Gasteiger partial charge in [-0.15, -0.1) is 0 Å². The van der Waals surface area contributed by atoms with Crippen LogP contribution in [0.3, 0.4) is 0 Å². The van der Waals surface area contributed by atoms with E-state index < -0.39 is 4.92 Å². The van der Waals surface area contributed by atoms with Gasteiger partial charge >= 0.3 is 0 Å². The predicted molar refractivity (Wildman–Crippen MR) is 68.4 cm³/mol. The first-order chi connectivity index (χ1) is 8.65. The van der Waals surface area contributed by atoms with Gasteiger partial charge in [0, 0.05) is 18.2 Å². The summed E-state index contributed by atoms with van der Waals surface area (Å²) in [4.78, 5) is 21.9. The number of carbonyl (C=O) groups excluding carboxylic acids is 1. The molecule has 0 aromatic heterocycles. The molecule has 0 aliphatic carbocycles. The Morgan fingerprint density at radius 2 is 2.06 bits per heavy atom. The first kappa shape index (κ1) is 14.1. The minimum Gasteiger partial charge on any atom is -0.356 e. The summed E-state index contributed by atoms with van der Waals surface area (Å²) >= 11 is 0. The normalized spacial score (nSPS) is 10.1. The van der Waals surface area contributed by atoms with Crippen LogP contribution in [0.15, 0.2) is 24.3 Å². The fraction of sp³-hybridized carbons (Fsp3) is 0.417. The van der Waals surface area contributed by atoms with Crippen LogP contribution in [0.25, 0.3) is 0 Å². The van der Waals surface area contributed by atoms with Crippen molar-refractivity contribution in [2.45, 2.75) is 12.8 Å². The molecule has 1 amide bonds. The van der Waals surface area contributed by atoms with E-state index >= 15 is 0 Å². The summed E-state index contributed by atoms with van der Waals surface area (Å²) in [6.45, 7) is 1.39. The van der Waals surface area contributed by atoms with Crippen molar-refractivity contribution in [2.24, 2.45) is 0 Å². The number of nitrogens with one attached hydrogen (secondary N) is 2. The zero-order valence-corrected chi connectivity index (χ0v) is 10.3. The Morgan fingerprint density at radius 3 is 2.72 bits per heavy atom. The number of nitro groups is 1. The molecule has 2 N–H and O–H groups in total. The molecule has 0 saturated heterocycles. The van der Waals surface area contributed by atoms with Gasteiger partial charge in [-0.05, 0) is 20.0 Å². The lowest BCUT2D eigenvalue weighted by atomic mass is 10.1. The second kappa shape index (κ2) is 7.39. The van der Waals surface area contributed by atoms with Crippen molar-refractivity contribution < 1.29 is 9.72 Å². The van der Waals surface area contributed by atoms with Crippen molar-refractivity contribution in [3.8, 4) is 0 Å². The quantitative estimate of drug-likeness (QED) is 0.427. The lowest BCUT2D eigenvalue weighted by Gasteiger charge is -2.05. The lowest BCUT2D eigenvalue weighted by Crippen LogP contribution is -2.28. The van der Waals surface area contributed by atoms with E-state index in [2.05, 4.69) is 10.6 Å². The van der Waals surface area contributed by atoms with Gasteiger partial charge in [0.15, 0.2) is 0 Å². The van der Waals surface area contributed by atoms with E-state index in [1.807, 2.05) is 7.05 Å². The van der Waals surface area contributed by atoms with Crippen LogP contribution in [0.5, 0.6) is 0 Å². The molecule has 0 radical (unpaired) electrons. The molecule has 6 heteroatoms. The van der Waals surface area contributed by atoms with Crippen LogP contribution in [0.2, 0.25) is 0 Å². The van der Waals surface area contributed by atoms with E-state index in [1.54, 1.807) is 18.2 Å². The minimum atomic E-state index is -0.469. The molecule has 1 aromatic rings. The molecule has 1 aromatic carbocycles. The van der Waals surface area contributed by atoms with Crippen LogP contribution >= 0.6 is 0 Å². The Kier molecular flexibility index (Phi) is 5.79. The first-order valence-electron chi connectivity index (χ1n) is 5.78. The summed E-state index contributed by atoms with van der Waals surface area (Å²) < 4.78 is 0. The van der Waals surface area contributed by atoms with E-state index in [1.165, 1.54) is 6.07 Å². The molecule has 6 nitrogen and oxygen atoms in total. The first-order valence-corrected chi connectivity index (χ1v) is 5.78. The zero-order chi connectivity index (χ0) is 13.4. The van der Waals surface area contributed by atoms with Crippen molar-refractivity contribution in [2.75, 3.05) is 20.1 Å². The van der Waals surface area contributed by atoms with E-state index in [0.29, 0.717) is 12.1 Å². The molecule has 0 spiro atoms. The van der Waals surface area contributed by atoms with Gasteiger partial charge in [0.25, 0.3) is 5.69 Å². The van der Waals surface area contributed by atoms with Crippen molar-refractivity contribution in [1.82, 2.24) is 10.6 Å². The number of nitrogens with zero attached hydrogens (tertiary/aromatic N) is 1. The van der Waals surface area contributed by atoms with Gasteiger partial charge in [0.2, 0.25) is 5.91 Å². The Balaban J connectivity index is 2.51. The van der Waals surface area contributed by atoms with E-state index in [0.717, 1.165) is 13.0 Å². The molecule has 0 heterocycles. The highest BCUT2D eigenvalue weighted by Crippen LogP contribution is 2.17. The second-order valence-corrected chi connectivity index (χ2v) is 3.87. The van der Waals surface area contributed by atoms with E-state index in [4.69, 9.17) is 0 Å². The van der Waals surface area contributed by atoms with Crippen molar-refractivity contribution in [1.29, 1.82) is 0 Å². The molecular weight excluding hydrogens is 234 g/mol. The minimum absolute atomic E-state index is 0.0112. The topological polar surface area (TPSA) is 84.3 Å². The molecule has 0 saturated carbocycles. The third-order valence-corrected chi connectivity index (χ3v) is 2.47. The number of amides is 1. The number of para-hydroxylation sites is 1. The van der Waals surface area contributed by atoms with Crippen molar-refractivity contribution in [3.63, 3.8) is 0 Å². The van der Waals surface area contributed by atoms with Gasteiger partial charge < -0.3 is 10.6 Å². The SMILES string of the molecule is CNCCCNC(=O)Cc1ccccc1[N+](=O)[O-]. The highest BCUT2D eigenvalue weighted by Gasteiger charge is 2.14. The van der Waals surface area contributed by atoms with Crippen LogP contribution in [-0.4, -0.2) is 31.0 Å². The number of hydrogen-bond donors (Lipinski definition) is 2. The average molecular weight is 251 g/mol. The molecular formula is C12H17N3O3. The average Bonchev–Trinajstić information content (AvgIpc) is 2.35. The van der Waals surface area contributed by atoms with Gasteiger partial charge in [-0.1, -0.05) is 18.2 Å². The van der Waals surface area contributed by atoms with E-state index in [-0.39, 0.29) is 18.0 Å². The summed E-state index contributed by atoms with van der Waals surface area (Å²) in [6.07, 6.45) is 0.871. The zero-order valence-electron chi connectivity index (χ0n) is 10.3. The smallest absolute Gasteiger partial charge is 0.273 e. The molecule has 0 atom stereocenters. The highest BCUT2D eigenvalue weighted by molar-refractivity contribution is 5.79. The summed E-state index contributed by atoms with van der Waals surface area (Å²) in [7, 11) is 1.84. The van der Waals surface area contributed by atoms with Gasteiger partial charge in [0.1, 0.15) is 0 Å². The molecule has 98 valence electrons. The molecule has 0 unspecified atom stereocenters. The summed E-state index contributed by atoms with van der Waals surface area (Å²) in [5.74, 6) is -0.194. The third-order valence-electron chi connectivity index (χ3n) is 2.47. The van der Waals surface area contributed by atoms with Crippen LogP contribution in [0.4, 0.5) is 5.69 Å². The standard InChI is InChI=1S/C12H17N3O3/c1-13-7-4-8-14-12(16)9-10-5-2-3-6-11(10)15(17)18/h2-3,5-6,13H,4,7-9H2,1H3,(H,14,16). The Morgan fingerprint density at radius 1 is 1.33 bits per heavy atom. The maximum absolute atomic E-state index is 11.6. The van der Waals surface area contributed by atoms with Crippen LogP contribution < -0.4 is 10.6 Å². The second-order valence-electron chi connectivity index (χ2n) is 3.87. The van der Waals surface area contributed by atoms with Crippen molar-refractivity contribution in [3.05, 3.63) is 39.9 Å². The van der Waals surface area contributed by atoms with Gasteiger partial charge in [-0.25, -0.2) is 0 Å². The molecule has 0 aliphatic heterocycles. The Hall–Kier alpha value is -1.95. The largest absolute Gasteiger partial charge is 0.356 e. The fourth-order valence-electron chi connectivity index (χ4n) is 1.57. The van der Waals surface area contributed by atoms with Gasteiger partial charge in [-0.2, -0.15) is 0 Å². The van der Waals surface area contributed by atoms with Gasteiger partial charge in [-0.3, -0.25) is 14.9 Å². The number of hydrogen-bond acceptors (Lipinski definition) is 4. The van der Waals surface area contributed by atoms with Crippen molar-refractivity contribution >= 4 is 11.6 Å². The predicted octanol–water partition coefficient (Wildman–Crippen LogP) is 0.863. The number of carbonyl (C=O) groups is 1. The van der Waals surface area contributed by atoms with Crippen LogP contribution in [-0.2, 0) is 11.2 Å². The molecule has 0 bridgehead atoms. The lowest BCUT2D eigenvalue weighted by molar-refractivity contribution is -0.385. The third kappa shape index (κ3) is 4.50. The molecule has 0 fully saturated rings. The summed E-state index contributed by atoms with van der Waals surface area (Å²) in [5.41, 5.74) is 0.427. The van der Waals surface area contributed by atoms with E-state index in [9.17, 15) is 14.9 Å². The van der Waals surface area contributed by atoms with Crippen LogP contribution in [0, 0.1) is 10.1 Å². The Labute approximate surface area is 106 Å².